The van der Waals surface area contributed by atoms with E-state index in [4.69, 9.17) is 9.47 Å². The first-order chi connectivity index (χ1) is 9.63. The minimum absolute atomic E-state index is 0.393. The van der Waals surface area contributed by atoms with E-state index in [1.54, 1.807) is 0 Å². The Labute approximate surface area is 122 Å². The van der Waals surface area contributed by atoms with Gasteiger partial charge >= 0.3 is 11.9 Å². The van der Waals surface area contributed by atoms with Gasteiger partial charge in [0.1, 0.15) is 0 Å². The third-order valence-corrected chi connectivity index (χ3v) is 3.10. The van der Waals surface area contributed by atoms with E-state index in [2.05, 4.69) is 13.8 Å². The van der Waals surface area contributed by atoms with E-state index < -0.39 is 11.9 Å². The molecule has 0 amide bonds. The van der Waals surface area contributed by atoms with Gasteiger partial charge in [0.2, 0.25) is 0 Å². The molecule has 4 nitrogen and oxygen atoms in total. The SMILES string of the molecule is CCCCOC(=O)C=CC(=O)OCC(CC)CCCC. The second-order valence-electron chi connectivity index (χ2n) is 4.90. The summed E-state index contributed by atoms with van der Waals surface area (Å²) < 4.78 is 10.0. The number of ether oxygens (including phenoxy) is 2. The highest BCUT2D eigenvalue weighted by Crippen LogP contribution is 2.12. The van der Waals surface area contributed by atoms with Gasteiger partial charge in [-0.05, 0) is 18.8 Å². The van der Waals surface area contributed by atoms with Crippen LogP contribution in [-0.4, -0.2) is 25.2 Å². The topological polar surface area (TPSA) is 52.6 Å². The first kappa shape index (κ1) is 18.7. The molecule has 0 aromatic rings. The summed E-state index contributed by atoms with van der Waals surface area (Å²) in [5.74, 6) is -0.565. The molecule has 0 saturated heterocycles. The molecule has 0 aromatic carbocycles. The van der Waals surface area contributed by atoms with Gasteiger partial charge in [-0.15, -0.1) is 0 Å². The van der Waals surface area contributed by atoms with Crippen molar-refractivity contribution in [3.63, 3.8) is 0 Å². The van der Waals surface area contributed by atoms with E-state index in [-0.39, 0.29) is 0 Å². The van der Waals surface area contributed by atoms with E-state index in [0.717, 1.165) is 50.7 Å². The van der Waals surface area contributed by atoms with Crippen LogP contribution in [0.15, 0.2) is 12.2 Å². The fraction of sp³-hybridized carbons (Fsp3) is 0.750. The van der Waals surface area contributed by atoms with Crippen molar-refractivity contribution in [2.24, 2.45) is 5.92 Å². The van der Waals surface area contributed by atoms with Crippen molar-refractivity contribution in [2.75, 3.05) is 13.2 Å². The molecule has 0 rings (SSSR count). The van der Waals surface area contributed by atoms with Crippen LogP contribution < -0.4 is 0 Å². The van der Waals surface area contributed by atoms with Gasteiger partial charge in [0, 0.05) is 12.2 Å². The van der Waals surface area contributed by atoms with Crippen LogP contribution in [0.1, 0.15) is 59.3 Å². The Morgan fingerprint density at radius 2 is 1.55 bits per heavy atom. The molecule has 0 fully saturated rings. The molecular weight excluding hydrogens is 256 g/mol. The molecule has 0 aromatic heterocycles. The zero-order chi connectivity index (χ0) is 15.2. The van der Waals surface area contributed by atoms with E-state index in [1.807, 2.05) is 6.92 Å². The minimum Gasteiger partial charge on any atom is -0.463 e. The van der Waals surface area contributed by atoms with Crippen LogP contribution in [-0.2, 0) is 19.1 Å². The Hall–Kier alpha value is -1.32. The van der Waals surface area contributed by atoms with E-state index >= 15 is 0 Å². The standard InChI is InChI=1S/C16H28O4/c1-4-7-9-14(6-3)13-20-16(18)11-10-15(17)19-12-8-5-2/h10-11,14H,4-9,12-13H2,1-3H3. The predicted octanol–water partition coefficient (Wildman–Crippen LogP) is 3.65. The highest BCUT2D eigenvalue weighted by atomic mass is 16.5. The van der Waals surface area contributed by atoms with Crippen LogP contribution in [0.4, 0.5) is 0 Å². The maximum atomic E-state index is 11.5. The number of rotatable bonds is 11. The normalized spacial score (nSPS) is 12.3. The van der Waals surface area contributed by atoms with Crippen molar-refractivity contribution in [3.05, 3.63) is 12.2 Å². The molecule has 0 radical (unpaired) electrons. The molecule has 4 heteroatoms. The van der Waals surface area contributed by atoms with Crippen LogP contribution in [0, 0.1) is 5.92 Å². The quantitative estimate of drug-likeness (QED) is 0.330. The van der Waals surface area contributed by atoms with Crippen molar-refractivity contribution in [2.45, 2.75) is 59.3 Å². The molecule has 20 heavy (non-hydrogen) atoms. The van der Waals surface area contributed by atoms with Crippen LogP contribution in [0.5, 0.6) is 0 Å². The van der Waals surface area contributed by atoms with Crippen molar-refractivity contribution < 1.29 is 19.1 Å². The van der Waals surface area contributed by atoms with Gasteiger partial charge in [-0.3, -0.25) is 0 Å². The molecule has 116 valence electrons. The van der Waals surface area contributed by atoms with Gasteiger partial charge in [0.05, 0.1) is 13.2 Å². The van der Waals surface area contributed by atoms with Crippen molar-refractivity contribution in [3.8, 4) is 0 Å². The van der Waals surface area contributed by atoms with E-state index in [1.165, 1.54) is 0 Å². The smallest absolute Gasteiger partial charge is 0.331 e. The van der Waals surface area contributed by atoms with Gasteiger partial charge in [-0.2, -0.15) is 0 Å². The van der Waals surface area contributed by atoms with Crippen molar-refractivity contribution in [1.82, 2.24) is 0 Å². The lowest BCUT2D eigenvalue weighted by Gasteiger charge is -2.13. The second-order valence-corrected chi connectivity index (χ2v) is 4.90. The summed E-state index contributed by atoms with van der Waals surface area (Å²) >= 11 is 0. The van der Waals surface area contributed by atoms with Gasteiger partial charge in [0.15, 0.2) is 0 Å². The monoisotopic (exact) mass is 284 g/mol. The Morgan fingerprint density at radius 1 is 0.950 bits per heavy atom. The summed E-state index contributed by atoms with van der Waals surface area (Å²) in [7, 11) is 0. The zero-order valence-corrected chi connectivity index (χ0v) is 13.0. The van der Waals surface area contributed by atoms with Crippen molar-refractivity contribution in [1.29, 1.82) is 0 Å². The average molecular weight is 284 g/mol. The maximum absolute atomic E-state index is 11.5. The largest absolute Gasteiger partial charge is 0.463 e. The van der Waals surface area contributed by atoms with Crippen LogP contribution in [0.3, 0.4) is 0 Å². The first-order valence-corrected chi connectivity index (χ1v) is 7.65. The lowest BCUT2D eigenvalue weighted by Crippen LogP contribution is -2.12. The molecule has 0 saturated carbocycles. The molecule has 1 atom stereocenters. The van der Waals surface area contributed by atoms with Gasteiger partial charge in [-0.1, -0.05) is 46.5 Å². The summed E-state index contributed by atoms with van der Waals surface area (Å²) in [6.45, 7) is 7.07. The van der Waals surface area contributed by atoms with E-state index in [9.17, 15) is 9.59 Å². The first-order valence-electron chi connectivity index (χ1n) is 7.65. The predicted molar refractivity (Wildman–Crippen MR) is 79.3 cm³/mol. The van der Waals surface area contributed by atoms with Gasteiger partial charge in [-0.25, -0.2) is 9.59 Å². The number of esters is 2. The second kappa shape index (κ2) is 12.7. The van der Waals surface area contributed by atoms with Crippen LogP contribution in [0.2, 0.25) is 0 Å². The molecule has 0 aliphatic rings. The fourth-order valence-electron chi connectivity index (χ4n) is 1.65. The van der Waals surface area contributed by atoms with Crippen molar-refractivity contribution >= 4 is 11.9 Å². The third kappa shape index (κ3) is 10.6. The number of hydrogen-bond donors (Lipinski definition) is 0. The molecule has 0 aliphatic carbocycles. The molecule has 0 aliphatic heterocycles. The molecule has 0 spiro atoms. The molecule has 0 bridgehead atoms. The minimum atomic E-state index is -0.492. The number of carbonyl (C=O) groups excluding carboxylic acids is 2. The Bertz CT molecular complexity index is 297. The summed E-state index contributed by atoms with van der Waals surface area (Å²) in [5.41, 5.74) is 0. The highest BCUT2D eigenvalue weighted by molar-refractivity contribution is 5.91. The summed E-state index contributed by atoms with van der Waals surface area (Å²) in [4.78, 5) is 22.7. The van der Waals surface area contributed by atoms with Crippen LogP contribution >= 0.6 is 0 Å². The summed E-state index contributed by atoms with van der Waals surface area (Å²) in [5, 5.41) is 0. The van der Waals surface area contributed by atoms with E-state index in [0.29, 0.717) is 19.1 Å². The zero-order valence-electron chi connectivity index (χ0n) is 13.0. The Kier molecular flexibility index (Phi) is 11.9. The highest BCUT2D eigenvalue weighted by Gasteiger charge is 2.08. The molecular formula is C16H28O4. The van der Waals surface area contributed by atoms with Gasteiger partial charge in [0.25, 0.3) is 0 Å². The maximum Gasteiger partial charge on any atom is 0.331 e. The summed E-state index contributed by atoms with van der Waals surface area (Å²) in [6.07, 6.45) is 8.43. The third-order valence-electron chi connectivity index (χ3n) is 3.10. The Morgan fingerprint density at radius 3 is 2.10 bits per heavy atom. The fourth-order valence-corrected chi connectivity index (χ4v) is 1.65. The lowest BCUT2D eigenvalue weighted by atomic mass is 10.0. The van der Waals surface area contributed by atoms with Crippen LogP contribution in [0.25, 0.3) is 0 Å². The van der Waals surface area contributed by atoms with Gasteiger partial charge < -0.3 is 9.47 Å². The lowest BCUT2D eigenvalue weighted by molar-refractivity contribution is -0.141. The number of hydrogen-bond acceptors (Lipinski definition) is 4. The Balaban J connectivity index is 3.87. The molecule has 0 N–H and O–H groups in total. The number of unbranched alkanes of at least 4 members (excludes halogenated alkanes) is 2. The molecule has 1 unspecified atom stereocenters. The molecule has 0 heterocycles. The summed E-state index contributed by atoms with van der Waals surface area (Å²) in [6, 6.07) is 0. The average Bonchev–Trinajstić information content (AvgIpc) is 2.45. The number of carbonyl (C=O) groups is 2.